The third-order valence-corrected chi connectivity index (χ3v) is 12.9. The summed E-state index contributed by atoms with van der Waals surface area (Å²) in [4.78, 5) is 47.8. The molecule has 1 aromatic rings. The van der Waals surface area contributed by atoms with Gasteiger partial charge < -0.3 is 35.1 Å². The lowest BCUT2D eigenvalue weighted by Crippen LogP contribution is -2.56. The molecule has 0 aliphatic heterocycles. The zero-order valence-electron chi connectivity index (χ0n) is 28.3. The van der Waals surface area contributed by atoms with Crippen LogP contribution in [0.15, 0.2) is 10.6 Å². The summed E-state index contributed by atoms with van der Waals surface area (Å²) < 4.78 is 16.8. The Morgan fingerprint density at radius 2 is 1.70 bits per heavy atom. The van der Waals surface area contributed by atoms with E-state index in [1.807, 2.05) is 26.8 Å². The minimum atomic E-state index is -2.71. The molecule has 0 amide bonds. The molecule has 5 rings (SSSR count). The zero-order valence-corrected chi connectivity index (χ0v) is 28.3. The number of hydrogen-bond donors (Lipinski definition) is 4. The standard InChI is InChI=1S/C35H52N2O10/c1-19(2)29(36)30(41)45-18-21-14-26(37-47-21)25-9-8-23-22-7-6-20-15-32(3,12-13-33(20,4)24(22)10-11-34(23,25)5)46-28(40)17-35(44,31(42)43)16-27(38)39/h14,19-20,22-25,29,44H,6-13,15-18,36H2,1-5H3,(H,38,39)(H,42,43)/t20?,22-,23-,24?,25+,29-,32+,33-,34-,35?/m0/s1. The van der Waals surface area contributed by atoms with Gasteiger partial charge in [0, 0.05) is 12.0 Å². The van der Waals surface area contributed by atoms with Crippen LogP contribution < -0.4 is 5.73 Å². The van der Waals surface area contributed by atoms with E-state index in [1.165, 1.54) is 0 Å². The van der Waals surface area contributed by atoms with Crippen molar-refractivity contribution in [1.82, 2.24) is 5.16 Å². The Labute approximate surface area is 276 Å². The van der Waals surface area contributed by atoms with Crippen molar-refractivity contribution in [2.45, 2.75) is 135 Å². The molecule has 1 aromatic heterocycles. The molecule has 12 heteroatoms. The van der Waals surface area contributed by atoms with Gasteiger partial charge >= 0.3 is 23.9 Å². The molecule has 4 saturated carbocycles. The summed E-state index contributed by atoms with van der Waals surface area (Å²) in [5, 5.41) is 33.2. The van der Waals surface area contributed by atoms with E-state index in [2.05, 4.69) is 19.0 Å². The molecule has 0 bridgehead atoms. The number of fused-ring (bicyclic) bond motifs is 5. The van der Waals surface area contributed by atoms with E-state index in [0.717, 1.165) is 50.6 Å². The Morgan fingerprint density at radius 1 is 1.00 bits per heavy atom. The molecule has 47 heavy (non-hydrogen) atoms. The Morgan fingerprint density at radius 3 is 2.36 bits per heavy atom. The number of ether oxygens (including phenoxy) is 2. The van der Waals surface area contributed by atoms with Crippen LogP contribution in [0.2, 0.25) is 0 Å². The number of nitrogens with zero attached hydrogens (tertiary/aromatic N) is 1. The summed E-state index contributed by atoms with van der Waals surface area (Å²) in [5.74, 6) is -1.81. The number of rotatable bonds is 11. The maximum Gasteiger partial charge on any atom is 0.336 e. The van der Waals surface area contributed by atoms with Crippen LogP contribution in [0, 0.1) is 40.4 Å². The molecule has 262 valence electrons. The van der Waals surface area contributed by atoms with E-state index >= 15 is 0 Å². The SMILES string of the molecule is CC(C)[C@H](N)C(=O)OCc1cc([C@H]2CC[C@H]3[C@@H]4CCC5C[C@](C)(OC(=O)CC(O)(CC(=O)O)C(=O)O)CC[C@]5(C)C4CC[C@]23C)no1. The molecular weight excluding hydrogens is 608 g/mol. The fourth-order valence-corrected chi connectivity index (χ4v) is 10.1. The van der Waals surface area contributed by atoms with Crippen LogP contribution in [0.5, 0.6) is 0 Å². The maximum atomic E-state index is 12.8. The predicted octanol–water partition coefficient (Wildman–Crippen LogP) is 4.81. The summed E-state index contributed by atoms with van der Waals surface area (Å²) in [6.45, 7) is 10.5. The molecule has 3 unspecified atom stereocenters. The van der Waals surface area contributed by atoms with E-state index in [4.69, 9.17) is 24.8 Å². The number of hydrogen-bond acceptors (Lipinski definition) is 10. The molecule has 12 nitrogen and oxygen atoms in total. The number of carbonyl (C=O) groups excluding carboxylic acids is 2. The van der Waals surface area contributed by atoms with Crippen LogP contribution >= 0.6 is 0 Å². The summed E-state index contributed by atoms with van der Waals surface area (Å²) in [5.41, 5.74) is 3.50. The lowest BCUT2D eigenvalue weighted by molar-refractivity contribution is -0.188. The molecular formula is C35H52N2O10. The van der Waals surface area contributed by atoms with Crippen molar-refractivity contribution >= 4 is 23.9 Å². The van der Waals surface area contributed by atoms with Crippen LogP contribution in [-0.2, 0) is 35.3 Å². The normalized spacial score (nSPS) is 36.7. The summed E-state index contributed by atoms with van der Waals surface area (Å²) >= 11 is 0. The summed E-state index contributed by atoms with van der Waals surface area (Å²) in [6.07, 6.45) is 6.61. The Bertz CT molecular complexity index is 1380. The fourth-order valence-electron chi connectivity index (χ4n) is 10.1. The van der Waals surface area contributed by atoms with Gasteiger partial charge in [-0.05, 0) is 105 Å². The molecule has 4 aliphatic rings. The van der Waals surface area contributed by atoms with Crippen LogP contribution in [0.3, 0.4) is 0 Å². The van der Waals surface area contributed by atoms with E-state index in [0.29, 0.717) is 42.3 Å². The van der Waals surface area contributed by atoms with Crippen LogP contribution in [0.25, 0.3) is 0 Å². The first-order chi connectivity index (χ1) is 21.9. The first-order valence-electron chi connectivity index (χ1n) is 17.2. The minimum absolute atomic E-state index is 0.0144. The Balaban J connectivity index is 1.22. The van der Waals surface area contributed by atoms with E-state index in [9.17, 15) is 29.4 Å². The third-order valence-electron chi connectivity index (χ3n) is 12.9. The first kappa shape index (κ1) is 35.3. The van der Waals surface area contributed by atoms with Crippen molar-refractivity contribution in [2.75, 3.05) is 0 Å². The molecule has 10 atom stereocenters. The monoisotopic (exact) mass is 660 g/mol. The maximum absolute atomic E-state index is 12.8. The molecule has 0 aromatic carbocycles. The van der Waals surface area contributed by atoms with E-state index in [-0.39, 0.29) is 29.3 Å². The molecule has 4 aliphatic carbocycles. The minimum Gasteiger partial charge on any atom is -0.481 e. The highest BCUT2D eigenvalue weighted by molar-refractivity contribution is 5.88. The molecule has 1 heterocycles. The first-order valence-corrected chi connectivity index (χ1v) is 17.2. The lowest BCUT2D eigenvalue weighted by Gasteiger charge is -2.62. The van der Waals surface area contributed by atoms with Crippen molar-refractivity contribution in [3.8, 4) is 0 Å². The predicted molar refractivity (Wildman–Crippen MR) is 168 cm³/mol. The van der Waals surface area contributed by atoms with Crippen LogP contribution in [-0.4, -0.2) is 61.6 Å². The third kappa shape index (κ3) is 6.69. The number of esters is 2. The number of aliphatic carboxylic acids is 2. The zero-order chi connectivity index (χ0) is 34.5. The van der Waals surface area contributed by atoms with Gasteiger partial charge in [0.1, 0.15) is 11.6 Å². The lowest BCUT2D eigenvalue weighted by atomic mass is 9.44. The molecule has 4 fully saturated rings. The second kappa shape index (κ2) is 12.8. The van der Waals surface area contributed by atoms with E-state index < -0.39 is 54.0 Å². The van der Waals surface area contributed by atoms with Crippen molar-refractivity contribution in [2.24, 2.45) is 46.2 Å². The van der Waals surface area contributed by atoms with Gasteiger partial charge in [0.2, 0.25) is 0 Å². The topological polar surface area (TPSA) is 199 Å². The number of carbonyl (C=O) groups is 4. The molecule has 0 radical (unpaired) electrons. The largest absolute Gasteiger partial charge is 0.481 e. The van der Waals surface area contributed by atoms with Crippen LogP contribution in [0.4, 0.5) is 0 Å². The van der Waals surface area contributed by atoms with Crippen molar-refractivity contribution in [1.29, 1.82) is 0 Å². The number of nitrogens with two attached hydrogens (primary N) is 1. The second-order valence-corrected chi connectivity index (χ2v) is 16.1. The fraction of sp³-hybridized carbons (Fsp3) is 0.800. The van der Waals surface area contributed by atoms with Gasteiger partial charge in [0.05, 0.1) is 18.5 Å². The highest BCUT2D eigenvalue weighted by atomic mass is 16.6. The highest BCUT2D eigenvalue weighted by Gasteiger charge is 2.62. The highest BCUT2D eigenvalue weighted by Crippen LogP contribution is 2.69. The summed E-state index contributed by atoms with van der Waals surface area (Å²) in [6, 6.07) is 1.27. The van der Waals surface area contributed by atoms with Crippen molar-refractivity contribution < 1.29 is 48.5 Å². The smallest absolute Gasteiger partial charge is 0.336 e. The van der Waals surface area contributed by atoms with Gasteiger partial charge in [-0.25, -0.2) is 4.79 Å². The van der Waals surface area contributed by atoms with Gasteiger partial charge in [-0.3, -0.25) is 14.4 Å². The Kier molecular flexibility index (Phi) is 9.62. The second-order valence-electron chi connectivity index (χ2n) is 16.1. The van der Waals surface area contributed by atoms with Gasteiger partial charge in [-0.2, -0.15) is 0 Å². The molecule has 0 spiro atoms. The Hall–Kier alpha value is -2.99. The van der Waals surface area contributed by atoms with Gasteiger partial charge in [-0.1, -0.05) is 32.9 Å². The number of aromatic nitrogens is 1. The summed E-state index contributed by atoms with van der Waals surface area (Å²) in [7, 11) is 0. The quantitative estimate of drug-likeness (QED) is 0.237. The van der Waals surface area contributed by atoms with Gasteiger partial charge in [-0.15, -0.1) is 0 Å². The molecule has 0 saturated heterocycles. The van der Waals surface area contributed by atoms with Crippen molar-refractivity contribution in [3.63, 3.8) is 0 Å². The van der Waals surface area contributed by atoms with Gasteiger partial charge in [0.25, 0.3) is 0 Å². The number of carboxylic acids is 2. The average molecular weight is 661 g/mol. The van der Waals surface area contributed by atoms with Crippen LogP contribution in [0.1, 0.15) is 123 Å². The number of aliphatic hydroxyl groups is 1. The average Bonchev–Trinajstić information content (AvgIpc) is 3.58. The van der Waals surface area contributed by atoms with Crippen molar-refractivity contribution in [3.05, 3.63) is 17.5 Å². The number of carboxylic acid groups (broad SMARTS) is 2. The molecule has 5 N–H and O–H groups in total. The van der Waals surface area contributed by atoms with Gasteiger partial charge in [0.15, 0.2) is 18.0 Å². The van der Waals surface area contributed by atoms with E-state index in [1.54, 1.807) is 0 Å².